The molecule has 6 nitrogen and oxygen atoms in total. The first-order chi connectivity index (χ1) is 18.9. The number of carboxylic acid groups (broad SMARTS) is 1. The largest absolute Gasteiger partial charge is 0.481 e. The predicted molar refractivity (Wildman–Crippen MR) is 163 cm³/mol. The Bertz CT molecular complexity index is 1800. The van der Waals surface area contributed by atoms with E-state index in [0.29, 0.717) is 5.69 Å². The Balaban J connectivity index is 1.24. The smallest absolute Gasteiger partial charge is 0.412 e. The topological polar surface area (TPSA) is 88.5 Å². The standard InChI is InChI=1S/C29H22N2O4S4/c1-15-27(30-29(34)35-16(2)17-6-4-3-5-7-17)28(39-31-15)25-13-24-23(38-25)12-22(37-24)18-8-9-21-20(10-18)19(14-36-21)11-26(32)33/h3-10,12-14,16H,11H2,1-2H3,(H,30,34)(H,32,33)/t16-/m1/s1. The Morgan fingerprint density at radius 3 is 2.51 bits per heavy atom. The van der Waals surface area contributed by atoms with Crippen molar-refractivity contribution in [2.24, 2.45) is 0 Å². The molecule has 0 spiro atoms. The van der Waals surface area contributed by atoms with Gasteiger partial charge in [-0.25, -0.2) is 4.79 Å². The van der Waals surface area contributed by atoms with Gasteiger partial charge in [0.25, 0.3) is 0 Å². The molecular formula is C29H22N2O4S4. The summed E-state index contributed by atoms with van der Waals surface area (Å²) in [7, 11) is 0. The molecule has 0 radical (unpaired) electrons. The van der Waals surface area contributed by atoms with E-state index in [9.17, 15) is 14.7 Å². The molecule has 196 valence electrons. The van der Waals surface area contributed by atoms with Gasteiger partial charge in [0.05, 0.1) is 27.6 Å². The summed E-state index contributed by atoms with van der Waals surface area (Å²) in [6.07, 6.45) is -0.862. The summed E-state index contributed by atoms with van der Waals surface area (Å²) in [5, 5.41) is 15.1. The van der Waals surface area contributed by atoms with Gasteiger partial charge in [-0.15, -0.1) is 34.0 Å². The van der Waals surface area contributed by atoms with Gasteiger partial charge in [0, 0.05) is 19.0 Å². The summed E-state index contributed by atoms with van der Waals surface area (Å²) in [5.74, 6) is -0.824. The number of thiophene rings is 3. The van der Waals surface area contributed by atoms with Crippen LogP contribution in [0.4, 0.5) is 10.5 Å². The number of aryl methyl sites for hydroxylation is 1. The van der Waals surface area contributed by atoms with Gasteiger partial charge in [-0.3, -0.25) is 10.1 Å². The number of nitrogens with zero attached hydrogens (tertiary/aromatic N) is 1. The number of benzene rings is 2. The molecule has 0 saturated heterocycles. The lowest BCUT2D eigenvalue weighted by Gasteiger charge is -2.14. The lowest BCUT2D eigenvalue weighted by molar-refractivity contribution is -0.136. The highest BCUT2D eigenvalue weighted by molar-refractivity contribution is 7.32. The van der Waals surface area contributed by atoms with Crippen molar-refractivity contribution in [2.45, 2.75) is 26.4 Å². The second kappa shape index (κ2) is 10.5. The fourth-order valence-electron chi connectivity index (χ4n) is 4.39. The van der Waals surface area contributed by atoms with Crippen molar-refractivity contribution in [3.05, 3.63) is 82.9 Å². The number of aromatic nitrogens is 1. The summed E-state index contributed by atoms with van der Waals surface area (Å²) in [6, 6.07) is 20.2. The lowest BCUT2D eigenvalue weighted by atomic mass is 10.1. The van der Waals surface area contributed by atoms with Gasteiger partial charge in [0.15, 0.2) is 0 Å². The van der Waals surface area contributed by atoms with E-state index in [1.807, 2.05) is 49.6 Å². The van der Waals surface area contributed by atoms with E-state index in [2.05, 4.69) is 40.0 Å². The number of carbonyl (C=O) groups excluding carboxylic acids is 1. The Labute approximate surface area is 240 Å². The van der Waals surface area contributed by atoms with Crippen LogP contribution in [-0.2, 0) is 16.0 Å². The monoisotopic (exact) mass is 590 g/mol. The molecule has 6 aromatic rings. The van der Waals surface area contributed by atoms with E-state index in [4.69, 9.17) is 4.74 Å². The number of amides is 1. The van der Waals surface area contributed by atoms with Gasteiger partial charge in [0.2, 0.25) is 0 Å². The van der Waals surface area contributed by atoms with Gasteiger partial charge in [-0.05, 0) is 77.1 Å². The van der Waals surface area contributed by atoms with Crippen molar-refractivity contribution >= 4 is 82.8 Å². The molecule has 0 saturated carbocycles. The fraction of sp³-hybridized carbons (Fsp3) is 0.138. The molecule has 4 aromatic heterocycles. The normalized spacial score (nSPS) is 12.2. The first-order valence-electron chi connectivity index (χ1n) is 12.1. The summed E-state index contributed by atoms with van der Waals surface area (Å²) in [5.41, 5.74) is 4.28. The summed E-state index contributed by atoms with van der Waals surface area (Å²) in [4.78, 5) is 27.1. The van der Waals surface area contributed by atoms with Crippen molar-refractivity contribution in [2.75, 3.05) is 5.32 Å². The molecule has 1 amide bonds. The molecule has 0 unspecified atom stereocenters. The van der Waals surface area contributed by atoms with E-state index >= 15 is 0 Å². The molecule has 6 rings (SSSR count). The van der Waals surface area contributed by atoms with Gasteiger partial charge in [0.1, 0.15) is 6.10 Å². The number of aliphatic carboxylic acids is 1. The lowest BCUT2D eigenvalue weighted by Crippen LogP contribution is -2.16. The highest BCUT2D eigenvalue weighted by atomic mass is 32.1. The Morgan fingerprint density at radius 1 is 1.00 bits per heavy atom. The van der Waals surface area contributed by atoms with Crippen molar-refractivity contribution < 1.29 is 19.4 Å². The second-order valence-electron chi connectivity index (χ2n) is 9.05. The number of hydrogen-bond acceptors (Lipinski definition) is 8. The number of fused-ring (bicyclic) bond motifs is 2. The summed E-state index contributed by atoms with van der Waals surface area (Å²) >= 11 is 6.30. The maximum Gasteiger partial charge on any atom is 0.412 e. The summed E-state index contributed by atoms with van der Waals surface area (Å²) in [6.45, 7) is 3.73. The van der Waals surface area contributed by atoms with E-state index in [1.165, 1.54) is 11.5 Å². The molecule has 0 fully saturated rings. The zero-order chi connectivity index (χ0) is 27.1. The Kier molecular flexibility index (Phi) is 6.94. The second-order valence-corrected chi connectivity index (χ2v) is 12.9. The molecule has 0 aliphatic rings. The number of carbonyl (C=O) groups is 2. The van der Waals surface area contributed by atoms with E-state index in [-0.39, 0.29) is 12.5 Å². The minimum atomic E-state index is -0.824. The minimum Gasteiger partial charge on any atom is -0.481 e. The SMILES string of the molecule is Cc1nsc(-c2cc3sc(-c4ccc5scc(CC(=O)O)c5c4)cc3s2)c1NC(=O)O[C@H](C)c1ccccc1. The number of hydrogen-bond donors (Lipinski definition) is 2. The number of anilines is 1. The highest BCUT2D eigenvalue weighted by Crippen LogP contribution is 2.46. The molecule has 2 aromatic carbocycles. The number of carboxylic acids is 1. The third kappa shape index (κ3) is 5.20. The van der Waals surface area contributed by atoms with Gasteiger partial charge in [-0.1, -0.05) is 36.4 Å². The molecule has 2 N–H and O–H groups in total. The maximum absolute atomic E-state index is 12.7. The quantitative estimate of drug-likeness (QED) is 0.193. The minimum absolute atomic E-state index is 0.0235. The van der Waals surface area contributed by atoms with E-state index < -0.39 is 12.1 Å². The molecule has 1 atom stereocenters. The summed E-state index contributed by atoms with van der Waals surface area (Å²) < 4.78 is 13.5. The average molecular weight is 591 g/mol. The third-order valence-corrected chi connectivity index (χ3v) is 10.8. The molecule has 39 heavy (non-hydrogen) atoms. The average Bonchev–Trinajstić information content (AvgIpc) is 3.68. The first-order valence-corrected chi connectivity index (χ1v) is 15.4. The molecule has 0 aliphatic heterocycles. The van der Waals surface area contributed by atoms with Crippen LogP contribution in [0.15, 0.2) is 66.0 Å². The number of rotatable bonds is 7. The van der Waals surface area contributed by atoms with Crippen LogP contribution in [0.1, 0.15) is 29.8 Å². The highest BCUT2D eigenvalue weighted by Gasteiger charge is 2.20. The van der Waals surface area contributed by atoms with Crippen molar-refractivity contribution in [3.63, 3.8) is 0 Å². The van der Waals surface area contributed by atoms with Crippen LogP contribution in [0.5, 0.6) is 0 Å². The zero-order valence-electron chi connectivity index (χ0n) is 20.9. The van der Waals surface area contributed by atoms with Crippen molar-refractivity contribution in [1.82, 2.24) is 4.37 Å². The van der Waals surface area contributed by atoms with Gasteiger partial charge in [-0.2, -0.15) is 4.37 Å². The van der Waals surface area contributed by atoms with Crippen molar-refractivity contribution in [3.8, 4) is 20.2 Å². The molecule has 0 bridgehead atoms. The zero-order valence-corrected chi connectivity index (χ0v) is 24.2. The number of ether oxygens (including phenoxy) is 1. The maximum atomic E-state index is 12.7. The van der Waals surface area contributed by atoms with Crippen molar-refractivity contribution in [1.29, 1.82) is 0 Å². The van der Waals surface area contributed by atoms with Crippen LogP contribution < -0.4 is 5.32 Å². The molecule has 4 heterocycles. The number of nitrogens with one attached hydrogen (secondary N) is 1. The molecule has 0 aliphatic carbocycles. The Hall–Kier alpha value is -3.57. The van der Waals surface area contributed by atoms with Crippen LogP contribution in [0.2, 0.25) is 0 Å². The molecule has 10 heteroatoms. The van der Waals surface area contributed by atoms with Crippen LogP contribution >= 0.6 is 45.5 Å². The molecular weight excluding hydrogens is 569 g/mol. The Morgan fingerprint density at radius 2 is 1.74 bits per heavy atom. The van der Waals surface area contributed by atoms with Crippen LogP contribution in [0, 0.1) is 6.92 Å². The van der Waals surface area contributed by atoms with Crippen LogP contribution in [-0.4, -0.2) is 21.5 Å². The fourth-order valence-corrected chi connectivity index (χ4v) is 8.67. The van der Waals surface area contributed by atoms with Crippen LogP contribution in [0.25, 0.3) is 39.7 Å². The van der Waals surface area contributed by atoms with E-state index in [1.54, 1.807) is 34.0 Å². The van der Waals surface area contributed by atoms with Gasteiger partial charge >= 0.3 is 12.1 Å². The van der Waals surface area contributed by atoms with E-state index in [0.717, 1.165) is 56.5 Å². The first kappa shape index (κ1) is 25.7. The third-order valence-electron chi connectivity index (χ3n) is 6.35. The van der Waals surface area contributed by atoms with Crippen LogP contribution in [0.3, 0.4) is 0 Å². The van der Waals surface area contributed by atoms with Gasteiger partial charge < -0.3 is 9.84 Å². The predicted octanol–water partition coefficient (Wildman–Crippen LogP) is 9.21.